The van der Waals surface area contributed by atoms with E-state index in [0.29, 0.717) is 0 Å². The Morgan fingerprint density at radius 1 is 0.608 bits per heavy atom. The molecule has 256 valence electrons. The van der Waals surface area contributed by atoms with Crippen molar-refractivity contribution in [2.75, 3.05) is 0 Å². The largest absolute Gasteiger partial charge is 0.507 e. The lowest BCUT2D eigenvalue weighted by Crippen LogP contribution is -2.17. The van der Waals surface area contributed by atoms with Crippen LogP contribution in [0.15, 0.2) is 128 Å². The lowest BCUT2D eigenvalue weighted by molar-refractivity contribution is 0.446. The summed E-state index contributed by atoms with van der Waals surface area (Å²) in [5.41, 5.74) is 12.9. The van der Waals surface area contributed by atoms with E-state index < -0.39 is 0 Å². The van der Waals surface area contributed by atoms with E-state index in [4.69, 9.17) is 4.98 Å². The van der Waals surface area contributed by atoms with Gasteiger partial charge in [0.25, 0.3) is 0 Å². The van der Waals surface area contributed by atoms with Crippen molar-refractivity contribution < 1.29 is 5.11 Å². The first kappa shape index (κ1) is 34.0. The molecule has 0 fully saturated rings. The molecule has 2 aromatic heterocycles. The summed E-state index contributed by atoms with van der Waals surface area (Å²) in [6.45, 7) is 17.7. The topological polar surface area (TPSA) is 50.9 Å². The zero-order valence-corrected chi connectivity index (χ0v) is 31.0. The van der Waals surface area contributed by atoms with Gasteiger partial charge in [0.2, 0.25) is 0 Å². The van der Waals surface area contributed by atoms with Crippen molar-refractivity contribution in [3.05, 3.63) is 144 Å². The average molecular weight is 670 g/mol. The van der Waals surface area contributed by atoms with Gasteiger partial charge in [-0.15, -0.1) is 0 Å². The molecule has 5 aromatic carbocycles. The molecule has 4 heteroatoms. The number of hydrogen-bond donors (Lipinski definition) is 1. The number of phenols is 1. The molecule has 1 N–H and O–H groups in total. The first-order valence-corrected chi connectivity index (χ1v) is 17.9. The second-order valence-electron chi connectivity index (χ2n) is 16.0. The van der Waals surface area contributed by atoms with Crippen LogP contribution in [0.25, 0.3) is 61.6 Å². The summed E-state index contributed by atoms with van der Waals surface area (Å²) in [6.07, 6.45) is 1.83. The van der Waals surface area contributed by atoms with E-state index in [1.807, 2.05) is 24.4 Å². The maximum atomic E-state index is 12.2. The third-order valence-electron chi connectivity index (χ3n) is 9.84. The molecule has 0 spiro atoms. The van der Waals surface area contributed by atoms with Crippen molar-refractivity contribution in [3.8, 4) is 56.3 Å². The van der Waals surface area contributed by atoms with E-state index in [0.717, 1.165) is 61.6 Å². The molecular weight excluding hydrogens is 623 g/mol. The summed E-state index contributed by atoms with van der Waals surface area (Å²) >= 11 is 0. The summed E-state index contributed by atoms with van der Waals surface area (Å²) in [4.78, 5) is 10.1. The smallest absolute Gasteiger partial charge is 0.149 e. The first-order valence-electron chi connectivity index (χ1n) is 17.9. The van der Waals surface area contributed by atoms with Crippen molar-refractivity contribution in [2.24, 2.45) is 0 Å². The monoisotopic (exact) mass is 669 g/mol. The zero-order chi connectivity index (χ0) is 36.1. The molecule has 0 aliphatic heterocycles. The number of phenolic OH excluding ortho intramolecular Hbond substituents is 1. The van der Waals surface area contributed by atoms with Gasteiger partial charge in [-0.2, -0.15) is 0 Å². The number of imidazole rings is 1. The predicted octanol–water partition coefficient (Wildman–Crippen LogP) is 12.5. The first-order chi connectivity index (χ1) is 24.3. The van der Waals surface area contributed by atoms with Crippen LogP contribution >= 0.6 is 0 Å². The van der Waals surface area contributed by atoms with E-state index in [1.165, 1.54) is 16.7 Å². The maximum Gasteiger partial charge on any atom is 0.149 e. The predicted molar refractivity (Wildman–Crippen MR) is 214 cm³/mol. The van der Waals surface area contributed by atoms with Gasteiger partial charge in [0.05, 0.1) is 28.0 Å². The third-order valence-corrected chi connectivity index (χ3v) is 9.84. The van der Waals surface area contributed by atoms with Gasteiger partial charge >= 0.3 is 0 Å². The Hall–Kier alpha value is -5.48. The second-order valence-corrected chi connectivity index (χ2v) is 16.0. The highest BCUT2D eigenvalue weighted by Gasteiger charge is 2.29. The summed E-state index contributed by atoms with van der Waals surface area (Å²) in [5, 5.41) is 12.2. The van der Waals surface area contributed by atoms with E-state index in [1.54, 1.807) is 0 Å². The number of para-hydroxylation sites is 1. The van der Waals surface area contributed by atoms with Gasteiger partial charge in [-0.1, -0.05) is 134 Å². The van der Waals surface area contributed by atoms with Crippen molar-refractivity contribution in [3.63, 3.8) is 0 Å². The Bertz CT molecular complexity index is 2350. The van der Waals surface area contributed by atoms with Crippen LogP contribution in [0.2, 0.25) is 0 Å². The lowest BCUT2D eigenvalue weighted by atomic mass is 9.79. The molecule has 7 aromatic rings. The number of aromatic hydroxyl groups is 1. The van der Waals surface area contributed by atoms with Crippen LogP contribution in [0.4, 0.5) is 0 Å². The Morgan fingerprint density at radius 2 is 1.31 bits per heavy atom. The highest BCUT2D eigenvalue weighted by molar-refractivity contribution is 5.97. The van der Waals surface area contributed by atoms with E-state index in [-0.39, 0.29) is 22.5 Å². The van der Waals surface area contributed by atoms with Crippen LogP contribution in [-0.4, -0.2) is 19.6 Å². The van der Waals surface area contributed by atoms with E-state index in [2.05, 4.69) is 168 Å². The zero-order valence-electron chi connectivity index (χ0n) is 31.0. The summed E-state index contributed by atoms with van der Waals surface area (Å²) in [6, 6.07) is 42.6. The van der Waals surface area contributed by atoms with Crippen molar-refractivity contribution in [2.45, 2.75) is 72.1 Å². The normalized spacial score (nSPS) is 12.2. The molecule has 0 unspecified atom stereocenters. The minimum atomic E-state index is -0.283. The number of fused-ring (bicyclic) bond motifs is 1. The molecule has 0 aliphatic carbocycles. The highest BCUT2D eigenvalue weighted by atomic mass is 16.3. The van der Waals surface area contributed by atoms with Crippen molar-refractivity contribution in [1.82, 2.24) is 14.5 Å². The third kappa shape index (κ3) is 6.47. The molecule has 2 heterocycles. The Kier molecular flexibility index (Phi) is 8.67. The highest BCUT2D eigenvalue weighted by Crippen LogP contribution is 2.45. The fourth-order valence-electron chi connectivity index (χ4n) is 6.98. The summed E-state index contributed by atoms with van der Waals surface area (Å²) < 4.78 is 2.28. The van der Waals surface area contributed by atoms with Crippen LogP contribution in [0.3, 0.4) is 0 Å². The van der Waals surface area contributed by atoms with Crippen molar-refractivity contribution >= 4 is 11.0 Å². The van der Waals surface area contributed by atoms with Gasteiger partial charge in [-0.3, -0.25) is 9.55 Å². The number of hydrogen-bond acceptors (Lipinski definition) is 3. The van der Waals surface area contributed by atoms with Crippen LogP contribution in [0, 0.1) is 0 Å². The average Bonchev–Trinajstić information content (AvgIpc) is 3.50. The number of pyridine rings is 1. The standard InChI is InChI=1S/C47H47N3O/c1-30(2)37-27-32(31-16-10-9-11-17-31)23-24-41(37)50-42-22-15-20-36(33-18-14-19-34(26-33)40-21-12-13-25-48-40)43(42)49-45(50)38-28-35(46(3,4)5)29-39(44(38)51)47(6,7)8/h9-30,51H,1-8H3. The summed E-state index contributed by atoms with van der Waals surface area (Å²) in [7, 11) is 0. The fraction of sp³-hybridized carbons (Fsp3) is 0.234. The summed E-state index contributed by atoms with van der Waals surface area (Å²) in [5.74, 6) is 1.23. The second kappa shape index (κ2) is 13.0. The van der Waals surface area contributed by atoms with Crippen molar-refractivity contribution in [1.29, 1.82) is 0 Å². The maximum absolute atomic E-state index is 12.2. The lowest BCUT2D eigenvalue weighted by Gasteiger charge is -2.28. The molecule has 0 amide bonds. The fourth-order valence-corrected chi connectivity index (χ4v) is 6.98. The van der Waals surface area contributed by atoms with Gasteiger partial charge < -0.3 is 5.11 Å². The number of nitrogens with zero attached hydrogens (tertiary/aromatic N) is 3. The van der Waals surface area contributed by atoms with E-state index >= 15 is 0 Å². The molecule has 0 atom stereocenters. The number of benzene rings is 5. The molecule has 51 heavy (non-hydrogen) atoms. The molecular formula is C47H47N3O. The Morgan fingerprint density at radius 3 is 2.00 bits per heavy atom. The van der Waals surface area contributed by atoms with Gasteiger partial charge in [0.1, 0.15) is 11.6 Å². The quantitative estimate of drug-likeness (QED) is 0.192. The van der Waals surface area contributed by atoms with Crippen LogP contribution in [0.5, 0.6) is 5.75 Å². The van der Waals surface area contributed by atoms with Gasteiger partial charge in [0, 0.05) is 22.9 Å². The minimum Gasteiger partial charge on any atom is -0.507 e. The van der Waals surface area contributed by atoms with E-state index in [9.17, 15) is 5.11 Å². The SMILES string of the molecule is CC(C)c1cc(-c2ccccc2)ccc1-n1c(-c2cc(C(C)(C)C)cc(C(C)(C)C)c2O)nc2c(-c3cccc(-c4ccccn4)c3)cccc21. The number of rotatable bonds is 6. The molecule has 4 nitrogen and oxygen atoms in total. The Balaban J connectivity index is 1.56. The van der Waals surface area contributed by atoms with Crippen LogP contribution < -0.4 is 0 Å². The molecule has 7 rings (SSSR count). The number of aromatic nitrogens is 3. The molecule has 0 saturated heterocycles. The molecule has 0 bridgehead atoms. The van der Waals surface area contributed by atoms with Gasteiger partial charge in [0.15, 0.2) is 0 Å². The minimum absolute atomic E-state index is 0.142. The van der Waals surface area contributed by atoms with Gasteiger partial charge in [-0.05, 0) is 87.0 Å². The molecule has 0 radical (unpaired) electrons. The Labute approximate surface area is 302 Å². The van der Waals surface area contributed by atoms with Gasteiger partial charge in [-0.25, -0.2) is 4.98 Å². The van der Waals surface area contributed by atoms with Crippen LogP contribution in [0.1, 0.15) is 78.0 Å². The molecule has 0 saturated carbocycles. The molecule has 0 aliphatic rings. The van der Waals surface area contributed by atoms with Crippen LogP contribution in [-0.2, 0) is 10.8 Å².